The number of fused-ring (bicyclic) bond motifs is 1. The minimum absolute atomic E-state index is 0.0325. The first kappa shape index (κ1) is 14.6. The van der Waals surface area contributed by atoms with Crippen LogP contribution in [0.25, 0.3) is 0 Å². The summed E-state index contributed by atoms with van der Waals surface area (Å²) in [7, 11) is -4.02. The summed E-state index contributed by atoms with van der Waals surface area (Å²) in [6.07, 6.45) is 0. The van der Waals surface area contributed by atoms with E-state index in [9.17, 15) is 17.6 Å². The number of rotatable bonds is 2. The van der Waals surface area contributed by atoms with Gasteiger partial charge in [0, 0.05) is 6.07 Å². The lowest BCUT2D eigenvalue weighted by Crippen LogP contribution is -2.42. The molecule has 1 aromatic carbocycles. The number of hydrogen-bond donors (Lipinski definition) is 1. The van der Waals surface area contributed by atoms with Crippen molar-refractivity contribution < 1.29 is 22.0 Å². The minimum Gasteiger partial charge on any atom is -0.465 e. The van der Waals surface area contributed by atoms with Crippen molar-refractivity contribution in [2.24, 2.45) is 0 Å². The Hall–Kier alpha value is -2.35. The van der Waals surface area contributed by atoms with Crippen molar-refractivity contribution in [3.63, 3.8) is 0 Å². The molecule has 0 saturated heterocycles. The highest BCUT2D eigenvalue weighted by atomic mass is 32.2. The van der Waals surface area contributed by atoms with Gasteiger partial charge in [-0.1, -0.05) is 6.07 Å². The van der Waals surface area contributed by atoms with E-state index in [2.05, 4.69) is 5.32 Å². The van der Waals surface area contributed by atoms with Crippen molar-refractivity contribution in [3.05, 3.63) is 41.6 Å². The number of aryl methyl sites for hydroxylation is 2. The van der Waals surface area contributed by atoms with E-state index in [0.29, 0.717) is 5.76 Å². The first-order chi connectivity index (χ1) is 10.3. The van der Waals surface area contributed by atoms with Gasteiger partial charge in [0.15, 0.2) is 0 Å². The second kappa shape index (κ2) is 4.84. The molecular weight excluding hydrogens is 311 g/mol. The molecule has 1 aromatic heterocycles. The van der Waals surface area contributed by atoms with Crippen LogP contribution in [0.5, 0.6) is 0 Å². The third-order valence-corrected chi connectivity index (χ3v) is 5.24. The van der Waals surface area contributed by atoms with Gasteiger partial charge < -0.3 is 9.73 Å². The fraction of sp³-hybridized carbons (Fsp3) is 0.214. The van der Waals surface area contributed by atoms with Gasteiger partial charge in [0.05, 0.1) is 5.69 Å². The molecule has 2 aromatic rings. The largest absolute Gasteiger partial charge is 0.465 e. The van der Waals surface area contributed by atoms with E-state index >= 15 is 0 Å². The van der Waals surface area contributed by atoms with Crippen LogP contribution in [0.1, 0.15) is 11.5 Å². The molecule has 1 N–H and O–H groups in total. The number of sulfonamides is 1. The van der Waals surface area contributed by atoms with Crippen molar-refractivity contribution in [1.82, 2.24) is 0 Å². The number of anilines is 2. The average Bonchev–Trinajstić information content (AvgIpc) is 2.79. The van der Waals surface area contributed by atoms with E-state index < -0.39 is 28.3 Å². The van der Waals surface area contributed by atoms with E-state index in [-0.39, 0.29) is 22.0 Å². The Morgan fingerprint density at radius 1 is 1.32 bits per heavy atom. The molecule has 0 bridgehead atoms. The van der Waals surface area contributed by atoms with Crippen LogP contribution in [0, 0.1) is 19.7 Å². The Bertz CT molecular complexity index is 873. The summed E-state index contributed by atoms with van der Waals surface area (Å²) in [5.74, 6) is -0.622. The summed E-state index contributed by atoms with van der Waals surface area (Å²) in [5.41, 5.74) is -0.0435. The van der Waals surface area contributed by atoms with Crippen molar-refractivity contribution in [2.45, 2.75) is 18.7 Å². The maximum Gasteiger partial charge on any atom is 0.268 e. The normalized spacial score (nSPS) is 14.7. The number of carbonyl (C=O) groups is 1. The lowest BCUT2D eigenvalue weighted by atomic mass is 10.2. The number of para-hydroxylation sites is 1. The molecule has 0 radical (unpaired) electrons. The number of amides is 1. The molecule has 0 aliphatic carbocycles. The molecule has 1 amide bonds. The molecule has 6 nitrogen and oxygen atoms in total. The van der Waals surface area contributed by atoms with Crippen molar-refractivity contribution in [1.29, 1.82) is 0 Å². The van der Waals surface area contributed by atoms with Crippen LogP contribution in [-0.2, 0) is 14.8 Å². The van der Waals surface area contributed by atoms with Gasteiger partial charge in [0.2, 0.25) is 5.91 Å². The van der Waals surface area contributed by atoms with Gasteiger partial charge in [-0.3, -0.25) is 9.10 Å². The topological polar surface area (TPSA) is 79.6 Å². The highest BCUT2D eigenvalue weighted by Gasteiger charge is 2.35. The quantitative estimate of drug-likeness (QED) is 0.918. The molecule has 22 heavy (non-hydrogen) atoms. The third-order valence-electron chi connectivity index (χ3n) is 3.38. The molecule has 0 saturated carbocycles. The Kier molecular flexibility index (Phi) is 3.21. The maximum atomic E-state index is 13.8. The fourth-order valence-electron chi connectivity index (χ4n) is 2.44. The lowest BCUT2D eigenvalue weighted by Gasteiger charge is -2.29. The van der Waals surface area contributed by atoms with Gasteiger partial charge in [-0.15, -0.1) is 0 Å². The molecule has 0 fully saturated rings. The summed E-state index contributed by atoms with van der Waals surface area (Å²) in [4.78, 5) is 11.7. The van der Waals surface area contributed by atoms with Crippen LogP contribution < -0.4 is 9.62 Å². The molecule has 3 rings (SSSR count). The Labute approximate surface area is 126 Å². The van der Waals surface area contributed by atoms with Gasteiger partial charge in [0.1, 0.15) is 34.5 Å². The minimum atomic E-state index is -4.02. The van der Waals surface area contributed by atoms with Gasteiger partial charge in [-0.05, 0) is 26.0 Å². The molecule has 0 spiro atoms. The van der Waals surface area contributed by atoms with Crippen LogP contribution in [0.2, 0.25) is 0 Å². The van der Waals surface area contributed by atoms with E-state index in [1.54, 1.807) is 6.92 Å². The standard InChI is InChI=1S/C14H13FN2O4S/c1-8-6-12(9(2)21-8)22(19,20)17-7-13(18)16-14-10(15)4-3-5-11(14)17/h3-6H,7H2,1-2H3,(H,16,18). The predicted octanol–water partition coefficient (Wildman–Crippen LogP) is 2.18. The van der Waals surface area contributed by atoms with E-state index in [4.69, 9.17) is 4.42 Å². The number of halogens is 1. The van der Waals surface area contributed by atoms with E-state index in [1.165, 1.54) is 25.1 Å². The molecule has 1 aliphatic heterocycles. The Morgan fingerprint density at radius 2 is 2.05 bits per heavy atom. The monoisotopic (exact) mass is 324 g/mol. The van der Waals surface area contributed by atoms with Gasteiger partial charge in [-0.25, -0.2) is 12.8 Å². The number of carbonyl (C=O) groups excluding carboxylic acids is 1. The van der Waals surface area contributed by atoms with Crippen LogP contribution in [0.15, 0.2) is 33.6 Å². The number of nitrogens with zero attached hydrogens (tertiary/aromatic N) is 1. The first-order valence-electron chi connectivity index (χ1n) is 6.49. The second-order valence-electron chi connectivity index (χ2n) is 4.97. The molecule has 116 valence electrons. The summed E-state index contributed by atoms with van der Waals surface area (Å²) in [6, 6.07) is 5.37. The number of nitrogens with one attached hydrogen (secondary N) is 1. The lowest BCUT2D eigenvalue weighted by molar-refractivity contribution is -0.115. The molecule has 0 atom stereocenters. The third kappa shape index (κ3) is 2.16. The van der Waals surface area contributed by atoms with Crippen LogP contribution >= 0.6 is 0 Å². The van der Waals surface area contributed by atoms with Crippen LogP contribution in [0.4, 0.5) is 15.8 Å². The molecule has 8 heteroatoms. The summed E-state index contributed by atoms with van der Waals surface area (Å²) < 4.78 is 45.6. The van der Waals surface area contributed by atoms with Crippen molar-refractivity contribution in [3.8, 4) is 0 Å². The number of benzene rings is 1. The molecular formula is C14H13FN2O4S. The van der Waals surface area contributed by atoms with E-state index in [0.717, 1.165) is 10.4 Å². The maximum absolute atomic E-state index is 13.8. The van der Waals surface area contributed by atoms with E-state index in [1.807, 2.05) is 0 Å². The summed E-state index contributed by atoms with van der Waals surface area (Å²) in [5, 5.41) is 2.36. The highest BCUT2D eigenvalue weighted by molar-refractivity contribution is 7.93. The zero-order valence-electron chi connectivity index (χ0n) is 11.9. The summed E-state index contributed by atoms with van der Waals surface area (Å²) in [6.45, 7) is 2.74. The number of hydrogen-bond acceptors (Lipinski definition) is 4. The van der Waals surface area contributed by atoms with Crippen molar-refractivity contribution in [2.75, 3.05) is 16.2 Å². The fourth-order valence-corrected chi connectivity index (χ4v) is 4.09. The van der Waals surface area contributed by atoms with Gasteiger partial charge >= 0.3 is 0 Å². The zero-order valence-corrected chi connectivity index (χ0v) is 12.7. The Morgan fingerprint density at radius 3 is 2.68 bits per heavy atom. The van der Waals surface area contributed by atoms with Crippen molar-refractivity contribution >= 4 is 27.3 Å². The summed E-state index contributed by atoms with van der Waals surface area (Å²) >= 11 is 0. The van der Waals surface area contributed by atoms with Gasteiger partial charge in [0.25, 0.3) is 10.0 Å². The van der Waals surface area contributed by atoms with Gasteiger partial charge in [-0.2, -0.15) is 0 Å². The highest BCUT2D eigenvalue weighted by Crippen LogP contribution is 2.36. The molecule has 1 aliphatic rings. The Balaban J connectivity index is 2.19. The SMILES string of the molecule is Cc1cc(S(=O)(=O)N2CC(=O)Nc3c(F)cccc32)c(C)o1. The molecule has 2 heterocycles. The number of furan rings is 1. The zero-order chi connectivity index (χ0) is 16.1. The van der Waals surface area contributed by atoms with Crippen LogP contribution in [0.3, 0.4) is 0 Å². The molecule has 0 unspecified atom stereocenters. The van der Waals surface area contributed by atoms with Crippen LogP contribution in [-0.4, -0.2) is 20.9 Å². The predicted molar refractivity (Wildman–Crippen MR) is 77.7 cm³/mol. The first-order valence-corrected chi connectivity index (χ1v) is 7.93. The second-order valence-corrected chi connectivity index (χ2v) is 6.80. The smallest absolute Gasteiger partial charge is 0.268 e. The average molecular weight is 324 g/mol.